The lowest BCUT2D eigenvalue weighted by atomic mass is 9.87. The Kier molecular flexibility index (Phi) is 4.07. The lowest BCUT2D eigenvalue weighted by molar-refractivity contribution is -0.116. The van der Waals surface area contributed by atoms with Gasteiger partial charge in [0.1, 0.15) is 5.82 Å². The highest BCUT2D eigenvalue weighted by atomic mass is 35.5. The second-order valence-electron chi connectivity index (χ2n) is 7.57. The third-order valence-corrected chi connectivity index (χ3v) is 6.64. The fourth-order valence-electron chi connectivity index (χ4n) is 5.01. The normalized spacial score (nSPS) is 30.5. The maximum atomic E-state index is 13.7. The van der Waals surface area contributed by atoms with Crippen LogP contribution < -0.4 is 0 Å². The van der Waals surface area contributed by atoms with E-state index in [1.165, 1.54) is 11.6 Å². The summed E-state index contributed by atoms with van der Waals surface area (Å²) in [5, 5.41) is 0.746. The number of benzene rings is 1. The molecule has 2 fully saturated rings. The summed E-state index contributed by atoms with van der Waals surface area (Å²) in [5.74, 6) is 1.98. The molecule has 1 aromatic heterocycles. The Morgan fingerprint density at radius 3 is 2.58 bits per heavy atom. The molecule has 24 heavy (non-hydrogen) atoms. The van der Waals surface area contributed by atoms with Gasteiger partial charge in [-0.25, -0.2) is 4.39 Å². The first kappa shape index (κ1) is 16.0. The van der Waals surface area contributed by atoms with Gasteiger partial charge in [0, 0.05) is 17.5 Å². The molecule has 1 heterocycles. The number of halogens is 2. The van der Waals surface area contributed by atoms with Crippen LogP contribution in [-0.2, 0) is 4.79 Å². The van der Waals surface area contributed by atoms with Crippen LogP contribution in [0.25, 0.3) is 10.9 Å². The van der Waals surface area contributed by atoms with Crippen LogP contribution in [0.15, 0.2) is 30.5 Å². The lowest BCUT2D eigenvalue weighted by Crippen LogP contribution is -2.15. The van der Waals surface area contributed by atoms with Gasteiger partial charge in [-0.05, 0) is 90.8 Å². The molecule has 1 aromatic carbocycles. The summed E-state index contributed by atoms with van der Waals surface area (Å²) < 4.78 is 13.7. The maximum absolute atomic E-state index is 13.7. The Bertz CT molecular complexity index is 778. The van der Waals surface area contributed by atoms with Crippen molar-refractivity contribution in [2.45, 2.75) is 38.5 Å². The molecular formula is C20H21ClFNO. The Morgan fingerprint density at radius 2 is 1.92 bits per heavy atom. The summed E-state index contributed by atoms with van der Waals surface area (Å²) in [4.78, 5) is 15.8. The van der Waals surface area contributed by atoms with Crippen LogP contribution in [0.3, 0.4) is 0 Å². The molecule has 4 heteroatoms. The summed E-state index contributed by atoms with van der Waals surface area (Å²) in [6.45, 7) is 1.96. The first-order chi connectivity index (χ1) is 11.5. The van der Waals surface area contributed by atoms with Gasteiger partial charge in [-0.15, -0.1) is 0 Å². The summed E-state index contributed by atoms with van der Waals surface area (Å²) >= 11 is 5.69. The van der Waals surface area contributed by atoms with E-state index in [9.17, 15) is 9.18 Å². The molecule has 126 valence electrons. The molecule has 2 aliphatic carbocycles. The molecule has 2 unspecified atom stereocenters. The van der Waals surface area contributed by atoms with Crippen LogP contribution in [-0.4, -0.2) is 10.2 Å². The van der Waals surface area contributed by atoms with Gasteiger partial charge in [0.15, 0.2) is 0 Å². The zero-order valence-electron chi connectivity index (χ0n) is 13.7. The minimum absolute atomic E-state index is 0.0356. The fourth-order valence-corrected chi connectivity index (χ4v) is 5.18. The van der Waals surface area contributed by atoms with Gasteiger partial charge in [0.2, 0.25) is 5.24 Å². The molecule has 2 nitrogen and oxygen atoms in total. The number of pyridine rings is 1. The summed E-state index contributed by atoms with van der Waals surface area (Å²) in [6.07, 6.45) is 6.27. The van der Waals surface area contributed by atoms with Crippen LogP contribution in [0.5, 0.6) is 0 Å². The van der Waals surface area contributed by atoms with E-state index in [1.807, 2.05) is 13.1 Å². The van der Waals surface area contributed by atoms with Gasteiger partial charge in [-0.3, -0.25) is 9.78 Å². The Morgan fingerprint density at radius 1 is 1.21 bits per heavy atom. The lowest BCUT2D eigenvalue weighted by Gasteiger charge is -2.19. The minimum atomic E-state index is -0.204. The molecule has 5 atom stereocenters. The van der Waals surface area contributed by atoms with E-state index in [-0.39, 0.29) is 17.0 Å². The van der Waals surface area contributed by atoms with Gasteiger partial charge in [0.05, 0.1) is 5.52 Å². The summed E-state index contributed by atoms with van der Waals surface area (Å²) in [6, 6.07) is 6.89. The van der Waals surface area contributed by atoms with E-state index in [4.69, 9.17) is 11.6 Å². The number of hydrogen-bond donors (Lipinski definition) is 0. The standard InChI is InChI=1S/C20H21ClFNO/c1-11(20(21)24)12-6-13-8-15(9-14(13)7-12)17-4-5-23-19-3-2-16(22)10-18(17)19/h2-5,10-15H,6-9H2,1H3/t11?,12-,13-,14?,15+/m0/s1. The number of carbonyl (C=O) groups excluding carboxylic acids is 1. The van der Waals surface area contributed by atoms with Crippen molar-refractivity contribution in [3.63, 3.8) is 0 Å². The summed E-state index contributed by atoms with van der Waals surface area (Å²) in [5.41, 5.74) is 2.09. The quantitative estimate of drug-likeness (QED) is 0.707. The molecule has 0 N–H and O–H groups in total. The van der Waals surface area contributed by atoms with E-state index < -0.39 is 0 Å². The highest BCUT2D eigenvalue weighted by Gasteiger charge is 2.44. The van der Waals surface area contributed by atoms with Crippen LogP contribution in [0.2, 0.25) is 0 Å². The Hall–Kier alpha value is -1.48. The van der Waals surface area contributed by atoms with E-state index in [1.54, 1.807) is 12.1 Å². The van der Waals surface area contributed by atoms with E-state index in [2.05, 4.69) is 11.1 Å². The molecule has 0 bridgehead atoms. The second kappa shape index (κ2) is 6.11. The van der Waals surface area contributed by atoms with Gasteiger partial charge in [0.25, 0.3) is 0 Å². The second-order valence-corrected chi connectivity index (χ2v) is 7.95. The molecule has 0 aliphatic heterocycles. The Balaban J connectivity index is 1.56. The largest absolute Gasteiger partial charge is 0.281 e. The maximum Gasteiger partial charge on any atom is 0.224 e. The van der Waals surface area contributed by atoms with Crippen LogP contribution in [0.4, 0.5) is 4.39 Å². The van der Waals surface area contributed by atoms with Crippen LogP contribution >= 0.6 is 11.6 Å². The third-order valence-electron chi connectivity index (χ3n) is 6.29. The monoisotopic (exact) mass is 345 g/mol. The molecular weight excluding hydrogens is 325 g/mol. The fraction of sp³-hybridized carbons (Fsp3) is 0.500. The van der Waals surface area contributed by atoms with Crippen LogP contribution in [0.1, 0.15) is 44.1 Å². The molecule has 0 saturated heterocycles. The topological polar surface area (TPSA) is 30.0 Å². The average molecular weight is 346 g/mol. The van der Waals surface area contributed by atoms with Crippen LogP contribution in [0, 0.1) is 29.5 Å². The van der Waals surface area contributed by atoms with E-state index in [0.717, 1.165) is 36.6 Å². The SMILES string of the molecule is CC(C(=O)Cl)[C@@H]1CC2C[C@H](c3ccnc4ccc(F)cc34)C[C@@H]2C1. The highest BCUT2D eigenvalue weighted by Crippen LogP contribution is 2.54. The number of nitrogens with zero attached hydrogens (tertiary/aromatic N) is 1. The highest BCUT2D eigenvalue weighted by molar-refractivity contribution is 6.63. The van der Waals surface area contributed by atoms with Crippen molar-refractivity contribution < 1.29 is 9.18 Å². The minimum Gasteiger partial charge on any atom is -0.281 e. The first-order valence-electron chi connectivity index (χ1n) is 8.76. The molecule has 2 saturated carbocycles. The van der Waals surface area contributed by atoms with Gasteiger partial charge >= 0.3 is 0 Å². The van der Waals surface area contributed by atoms with Gasteiger partial charge in [-0.2, -0.15) is 0 Å². The number of fused-ring (bicyclic) bond motifs is 2. The molecule has 2 aromatic rings. The molecule has 0 amide bonds. The first-order valence-corrected chi connectivity index (χ1v) is 9.14. The predicted molar refractivity (Wildman–Crippen MR) is 93.4 cm³/mol. The number of rotatable bonds is 3. The molecule has 0 radical (unpaired) electrons. The molecule has 4 rings (SSSR count). The third kappa shape index (κ3) is 2.73. The zero-order chi connectivity index (χ0) is 16.8. The molecule has 0 spiro atoms. The number of carbonyl (C=O) groups is 1. The van der Waals surface area contributed by atoms with Crippen molar-refractivity contribution >= 4 is 27.7 Å². The predicted octanol–water partition coefficient (Wildman–Crippen LogP) is 5.30. The average Bonchev–Trinajstić information content (AvgIpc) is 3.12. The Labute approximate surface area is 146 Å². The number of hydrogen-bond acceptors (Lipinski definition) is 2. The van der Waals surface area contributed by atoms with Crippen molar-refractivity contribution in [3.8, 4) is 0 Å². The van der Waals surface area contributed by atoms with Gasteiger partial charge in [-0.1, -0.05) is 6.92 Å². The summed E-state index contributed by atoms with van der Waals surface area (Å²) in [7, 11) is 0. The van der Waals surface area contributed by atoms with Gasteiger partial charge < -0.3 is 0 Å². The van der Waals surface area contributed by atoms with Crippen molar-refractivity contribution in [2.24, 2.45) is 23.7 Å². The van der Waals surface area contributed by atoms with Crippen molar-refractivity contribution in [1.82, 2.24) is 4.98 Å². The zero-order valence-corrected chi connectivity index (χ0v) is 14.5. The van der Waals surface area contributed by atoms with E-state index in [0.29, 0.717) is 23.7 Å². The van der Waals surface area contributed by atoms with Crippen molar-refractivity contribution in [1.29, 1.82) is 0 Å². The van der Waals surface area contributed by atoms with Crippen molar-refractivity contribution in [2.75, 3.05) is 0 Å². The van der Waals surface area contributed by atoms with E-state index >= 15 is 0 Å². The number of aromatic nitrogens is 1. The smallest absolute Gasteiger partial charge is 0.224 e. The van der Waals surface area contributed by atoms with Crippen molar-refractivity contribution in [3.05, 3.63) is 41.8 Å². The molecule has 2 aliphatic rings.